The predicted octanol–water partition coefficient (Wildman–Crippen LogP) is 0.503. The molecular weight excluding hydrogens is 188 g/mol. The summed E-state index contributed by atoms with van der Waals surface area (Å²) in [6.45, 7) is 0. The zero-order chi connectivity index (χ0) is 9.26. The van der Waals surface area contributed by atoms with Crippen LogP contribution >= 0.6 is 11.3 Å². The molecule has 0 aromatic carbocycles. The second-order valence-electron chi connectivity index (χ2n) is 2.46. The first-order chi connectivity index (χ1) is 6.29. The molecule has 66 valence electrons. The maximum absolute atomic E-state index is 11.6. The Morgan fingerprint density at radius 3 is 3.00 bits per heavy atom. The summed E-state index contributed by atoms with van der Waals surface area (Å²) in [6, 6.07) is 0. The van der Waals surface area contributed by atoms with Gasteiger partial charge in [0, 0.05) is 13.2 Å². The molecular formula is C7H6N4OS. The van der Waals surface area contributed by atoms with Gasteiger partial charge in [-0.15, -0.1) is 21.5 Å². The van der Waals surface area contributed by atoms with Gasteiger partial charge < -0.3 is 4.57 Å². The van der Waals surface area contributed by atoms with Crippen LogP contribution < -0.4 is 0 Å². The fourth-order valence-electron chi connectivity index (χ4n) is 0.927. The fourth-order valence-corrected chi connectivity index (χ4v) is 1.48. The van der Waals surface area contributed by atoms with E-state index in [1.54, 1.807) is 17.1 Å². The number of ketones is 1. The van der Waals surface area contributed by atoms with Crippen molar-refractivity contribution in [3.63, 3.8) is 0 Å². The summed E-state index contributed by atoms with van der Waals surface area (Å²) < 4.78 is 1.59. The van der Waals surface area contributed by atoms with Gasteiger partial charge >= 0.3 is 0 Å². The molecule has 2 aromatic heterocycles. The van der Waals surface area contributed by atoms with Crippen LogP contribution in [0.25, 0.3) is 0 Å². The molecule has 0 bridgehead atoms. The molecule has 0 amide bonds. The summed E-state index contributed by atoms with van der Waals surface area (Å²) in [5, 5.41) is 7.34. The van der Waals surface area contributed by atoms with E-state index in [9.17, 15) is 4.79 Å². The Kier molecular flexibility index (Phi) is 1.90. The lowest BCUT2D eigenvalue weighted by molar-refractivity contribution is 0.102. The van der Waals surface area contributed by atoms with Crippen LogP contribution in [0.5, 0.6) is 0 Å². The second-order valence-corrected chi connectivity index (χ2v) is 3.35. The first kappa shape index (κ1) is 8.06. The van der Waals surface area contributed by atoms with Crippen LogP contribution in [-0.4, -0.2) is 25.5 Å². The van der Waals surface area contributed by atoms with Gasteiger partial charge in [0.1, 0.15) is 6.33 Å². The highest BCUT2D eigenvalue weighted by Gasteiger charge is 2.15. The van der Waals surface area contributed by atoms with Gasteiger partial charge in [-0.25, -0.2) is 0 Å². The van der Waals surface area contributed by atoms with Crippen LogP contribution in [0.4, 0.5) is 0 Å². The van der Waals surface area contributed by atoms with Crippen molar-refractivity contribution < 1.29 is 4.79 Å². The Hall–Kier alpha value is -1.56. The van der Waals surface area contributed by atoms with Crippen molar-refractivity contribution in [2.75, 3.05) is 0 Å². The van der Waals surface area contributed by atoms with Crippen molar-refractivity contribution in [2.24, 2.45) is 7.05 Å². The Morgan fingerprint density at radius 2 is 2.46 bits per heavy atom. The van der Waals surface area contributed by atoms with E-state index in [0.29, 0.717) is 10.7 Å². The van der Waals surface area contributed by atoms with Crippen molar-refractivity contribution in [1.82, 2.24) is 19.7 Å². The molecule has 2 aromatic rings. The van der Waals surface area contributed by atoms with Crippen molar-refractivity contribution >= 4 is 17.1 Å². The van der Waals surface area contributed by atoms with E-state index in [1.807, 2.05) is 0 Å². The van der Waals surface area contributed by atoms with E-state index >= 15 is 0 Å². The molecule has 0 radical (unpaired) electrons. The smallest absolute Gasteiger partial charge is 0.241 e. The summed E-state index contributed by atoms with van der Waals surface area (Å²) in [5.74, 6) is 0.201. The Bertz CT molecular complexity index is 419. The van der Waals surface area contributed by atoms with Gasteiger partial charge in [-0.3, -0.25) is 9.78 Å². The minimum absolute atomic E-state index is 0.137. The van der Waals surface area contributed by atoms with Gasteiger partial charge in [0.15, 0.2) is 0 Å². The van der Waals surface area contributed by atoms with Crippen molar-refractivity contribution in [3.05, 3.63) is 28.7 Å². The number of aryl methyl sites for hydroxylation is 1. The predicted molar refractivity (Wildman–Crippen MR) is 46.5 cm³/mol. The summed E-state index contributed by atoms with van der Waals surface area (Å²) >= 11 is 1.30. The molecule has 0 aliphatic rings. The Labute approximate surface area is 78.1 Å². The highest BCUT2D eigenvalue weighted by molar-refractivity contribution is 7.11. The molecule has 0 atom stereocenters. The molecule has 0 fully saturated rings. The topological polar surface area (TPSA) is 60.7 Å². The van der Waals surface area contributed by atoms with Gasteiger partial charge in [0.05, 0.1) is 10.4 Å². The highest BCUT2D eigenvalue weighted by Crippen LogP contribution is 2.10. The van der Waals surface area contributed by atoms with E-state index in [2.05, 4.69) is 15.2 Å². The highest BCUT2D eigenvalue weighted by atomic mass is 32.1. The number of rotatable bonds is 2. The molecule has 0 saturated heterocycles. The average Bonchev–Trinajstić information content (AvgIpc) is 2.72. The van der Waals surface area contributed by atoms with Crippen molar-refractivity contribution in [2.45, 2.75) is 0 Å². The standard InChI is InChI=1S/C7H6N4OS/c1-11-3-9-10-7(11)6(12)5-2-8-4-13-5/h2-4H,1H3. The molecule has 2 rings (SSSR count). The second kappa shape index (κ2) is 3.06. The third kappa shape index (κ3) is 1.35. The van der Waals surface area contributed by atoms with Crippen LogP contribution in [0.1, 0.15) is 15.5 Å². The molecule has 13 heavy (non-hydrogen) atoms. The van der Waals surface area contributed by atoms with E-state index in [0.717, 1.165) is 0 Å². The number of hydrogen-bond donors (Lipinski definition) is 0. The van der Waals surface area contributed by atoms with E-state index in [-0.39, 0.29) is 5.78 Å². The zero-order valence-electron chi connectivity index (χ0n) is 6.84. The van der Waals surface area contributed by atoms with E-state index in [1.165, 1.54) is 23.9 Å². The SMILES string of the molecule is Cn1cnnc1C(=O)c1cncs1. The van der Waals surface area contributed by atoms with Gasteiger partial charge in [-0.1, -0.05) is 0 Å². The van der Waals surface area contributed by atoms with Gasteiger partial charge in [0.25, 0.3) is 0 Å². The molecule has 0 saturated carbocycles. The van der Waals surface area contributed by atoms with Crippen molar-refractivity contribution in [1.29, 1.82) is 0 Å². The van der Waals surface area contributed by atoms with Gasteiger partial charge in [-0.2, -0.15) is 0 Å². The number of hydrogen-bond acceptors (Lipinski definition) is 5. The van der Waals surface area contributed by atoms with Gasteiger partial charge in [-0.05, 0) is 0 Å². The third-order valence-corrected chi connectivity index (χ3v) is 2.34. The van der Waals surface area contributed by atoms with Gasteiger partial charge in [0.2, 0.25) is 11.6 Å². The summed E-state index contributed by atoms with van der Waals surface area (Å²) in [5.41, 5.74) is 1.61. The zero-order valence-corrected chi connectivity index (χ0v) is 7.65. The maximum atomic E-state index is 11.6. The molecule has 0 aliphatic heterocycles. The first-order valence-electron chi connectivity index (χ1n) is 3.56. The molecule has 0 N–H and O–H groups in total. The van der Waals surface area contributed by atoms with Crippen LogP contribution in [-0.2, 0) is 7.05 Å². The van der Waals surface area contributed by atoms with Crippen LogP contribution in [0.15, 0.2) is 18.0 Å². The average molecular weight is 194 g/mol. The third-order valence-electron chi connectivity index (χ3n) is 1.57. The van der Waals surface area contributed by atoms with E-state index in [4.69, 9.17) is 0 Å². The number of carbonyl (C=O) groups excluding carboxylic acids is 1. The minimum atomic E-state index is -0.137. The normalized spacial score (nSPS) is 10.2. The molecule has 0 aliphatic carbocycles. The number of carbonyl (C=O) groups is 1. The lowest BCUT2D eigenvalue weighted by Crippen LogP contribution is -2.06. The summed E-state index contributed by atoms with van der Waals surface area (Å²) in [6.07, 6.45) is 3.02. The number of aromatic nitrogens is 4. The Balaban J connectivity index is 2.39. The summed E-state index contributed by atoms with van der Waals surface area (Å²) in [4.78, 5) is 16.0. The maximum Gasteiger partial charge on any atom is 0.241 e. The lowest BCUT2D eigenvalue weighted by Gasteiger charge is -1.94. The first-order valence-corrected chi connectivity index (χ1v) is 4.44. The quantitative estimate of drug-likeness (QED) is 0.653. The largest absolute Gasteiger partial charge is 0.314 e. The molecule has 0 unspecified atom stereocenters. The number of thiazole rings is 1. The molecule has 2 heterocycles. The molecule has 0 spiro atoms. The van der Waals surface area contributed by atoms with E-state index < -0.39 is 0 Å². The van der Waals surface area contributed by atoms with Crippen LogP contribution in [0.3, 0.4) is 0 Å². The van der Waals surface area contributed by atoms with Crippen molar-refractivity contribution in [3.8, 4) is 0 Å². The molecule has 5 nitrogen and oxygen atoms in total. The van der Waals surface area contributed by atoms with Crippen LogP contribution in [0.2, 0.25) is 0 Å². The fraction of sp³-hybridized carbons (Fsp3) is 0.143. The van der Waals surface area contributed by atoms with Crippen LogP contribution in [0, 0.1) is 0 Å². The monoisotopic (exact) mass is 194 g/mol. The minimum Gasteiger partial charge on any atom is -0.314 e. The lowest BCUT2D eigenvalue weighted by atomic mass is 10.3. The Morgan fingerprint density at radius 1 is 1.62 bits per heavy atom. The molecule has 6 heteroatoms. The summed E-state index contributed by atoms with van der Waals surface area (Å²) in [7, 11) is 1.73. The number of nitrogens with zero attached hydrogens (tertiary/aromatic N) is 4.